The zero-order chi connectivity index (χ0) is 13.0. The molecular weight excluding hydrogens is 249 g/mol. The Balaban J connectivity index is 1.95. The standard InChI is InChI=1S/C15H21ClFN/c1-2-18-13(8-11-4-3-5-11)9-12-6-7-15(17)14(16)10-12/h6-7,10-11,13,18H,2-5,8-9H2,1H3. The minimum Gasteiger partial charge on any atom is -0.314 e. The van der Waals surface area contributed by atoms with E-state index in [0.29, 0.717) is 6.04 Å². The first kappa shape index (κ1) is 13.8. The number of nitrogens with one attached hydrogen (secondary N) is 1. The molecule has 0 aromatic heterocycles. The first-order valence-electron chi connectivity index (χ1n) is 6.86. The molecule has 1 aromatic carbocycles. The zero-order valence-electron chi connectivity index (χ0n) is 10.9. The lowest BCUT2D eigenvalue weighted by atomic mass is 9.80. The predicted octanol–water partition coefficient (Wildman–Crippen LogP) is 4.19. The van der Waals surface area contributed by atoms with Crippen molar-refractivity contribution < 1.29 is 4.39 Å². The molecule has 1 fully saturated rings. The molecule has 0 radical (unpaired) electrons. The topological polar surface area (TPSA) is 12.0 Å². The van der Waals surface area contributed by atoms with Crippen molar-refractivity contribution in [1.29, 1.82) is 0 Å². The van der Waals surface area contributed by atoms with Gasteiger partial charge in [-0.25, -0.2) is 4.39 Å². The summed E-state index contributed by atoms with van der Waals surface area (Å²) in [5.41, 5.74) is 1.12. The van der Waals surface area contributed by atoms with Crippen molar-refractivity contribution in [3.05, 3.63) is 34.6 Å². The second-order valence-electron chi connectivity index (χ2n) is 5.24. The molecule has 18 heavy (non-hydrogen) atoms. The molecule has 0 bridgehead atoms. The Hall–Kier alpha value is -0.600. The van der Waals surface area contributed by atoms with Crippen molar-refractivity contribution in [3.63, 3.8) is 0 Å². The van der Waals surface area contributed by atoms with Gasteiger partial charge in [0.1, 0.15) is 5.82 Å². The lowest BCUT2D eigenvalue weighted by molar-refractivity contribution is 0.260. The maximum absolute atomic E-state index is 13.1. The molecule has 1 saturated carbocycles. The SMILES string of the molecule is CCNC(Cc1ccc(F)c(Cl)c1)CC1CCC1. The normalized spacial score (nSPS) is 17.5. The molecule has 1 aliphatic carbocycles. The molecule has 0 aliphatic heterocycles. The van der Waals surface area contributed by atoms with Gasteiger partial charge < -0.3 is 5.32 Å². The number of hydrogen-bond donors (Lipinski definition) is 1. The van der Waals surface area contributed by atoms with E-state index in [0.717, 1.165) is 24.4 Å². The summed E-state index contributed by atoms with van der Waals surface area (Å²) in [7, 11) is 0. The number of halogens is 2. The molecular formula is C15H21ClFN. The van der Waals surface area contributed by atoms with Crippen LogP contribution in [0.4, 0.5) is 4.39 Å². The molecule has 0 saturated heterocycles. The van der Waals surface area contributed by atoms with E-state index in [1.54, 1.807) is 6.07 Å². The first-order chi connectivity index (χ1) is 8.69. The van der Waals surface area contributed by atoms with E-state index in [2.05, 4.69) is 12.2 Å². The van der Waals surface area contributed by atoms with E-state index in [-0.39, 0.29) is 10.8 Å². The molecule has 1 unspecified atom stereocenters. The quantitative estimate of drug-likeness (QED) is 0.817. The summed E-state index contributed by atoms with van der Waals surface area (Å²) in [4.78, 5) is 0. The van der Waals surface area contributed by atoms with Gasteiger partial charge in [-0.15, -0.1) is 0 Å². The van der Waals surface area contributed by atoms with Gasteiger partial charge in [0, 0.05) is 6.04 Å². The van der Waals surface area contributed by atoms with Crippen LogP contribution in [0.15, 0.2) is 18.2 Å². The summed E-state index contributed by atoms with van der Waals surface area (Å²) in [6, 6.07) is 5.54. The average molecular weight is 270 g/mol. The van der Waals surface area contributed by atoms with Crippen molar-refractivity contribution in [1.82, 2.24) is 5.32 Å². The number of benzene rings is 1. The molecule has 1 aliphatic rings. The predicted molar refractivity (Wildman–Crippen MR) is 74.5 cm³/mol. The van der Waals surface area contributed by atoms with Crippen LogP contribution in [0.5, 0.6) is 0 Å². The molecule has 0 amide bonds. The van der Waals surface area contributed by atoms with Crippen LogP contribution in [0.2, 0.25) is 5.02 Å². The highest BCUT2D eigenvalue weighted by molar-refractivity contribution is 6.30. The van der Waals surface area contributed by atoms with Crippen molar-refractivity contribution in [2.24, 2.45) is 5.92 Å². The Kier molecular flexibility index (Phi) is 5.02. The second kappa shape index (κ2) is 6.53. The van der Waals surface area contributed by atoms with E-state index in [9.17, 15) is 4.39 Å². The van der Waals surface area contributed by atoms with Crippen LogP contribution in [0.25, 0.3) is 0 Å². The molecule has 0 heterocycles. The summed E-state index contributed by atoms with van der Waals surface area (Å²) in [5, 5.41) is 3.76. The van der Waals surface area contributed by atoms with Gasteiger partial charge in [0.05, 0.1) is 5.02 Å². The van der Waals surface area contributed by atoms with E-state index >= 15 is 0 Å². The van der Waals surface area contributed by atoms with Gasteiger partial charge in [0.15, 0.2) is 0 Å². The molecule has 3 heteroatoms. The largest absolute Gasteiger partial charge is 0.314 e. The van der Waals surface area contributed by atoms with Gasteiger partial charge in [-0.05, 0) is 43.0 Å². The number of rotatable bonds is 6. The minimum atomic E-state index is -0.334. The number of likely N-dealkylation sites (N-methyl/N-ethyl adjacent to an activating group) is 1. The Morgan fingerprint density at radius 2 is 2.22 bits per heavy atom. The summed E-state index contributed by atoms with van der Waals surface area (Å²) < 4.78 is 13.1. The third kappa shape index (κ3) is 3.69. The third-order valence-corrected chi connectivity index (χ3v) is 4.09. The Labute approximate surface area is 114 Å². The minimum absolute atomic E-state index is 0.228. The fourth-order valence-electron chi connectivity index (χ4n) is 2.61. The molecule has 2 rings (SSSR count). The smallest absolute Gasteiger partial charge is 0.141 e. The highest BCUT2D eigenvalue weighted by atomic mass is 35.5. The van der Waals surface area contributed by atoms with Crippen LogP contribution in [0.1, 0.15) is 38.2 Å². The van der Waals surface area contributed by atoms with Crippen LogP contribution < -0.4 is 5.32 Å². The monoisotopic (exact) mass is 269 g/mol. The van der Waals surface area contributed by atoms with Crippen LogP contribution >= 0.6 is 11.6 Å². The van der Waals surface area contributed by atoms with Gasteiger partial charge in [0.2, 0.25) is 0 Å². The molecule has 1 aromatic rings. The van der Waals surface area contributed by atoms with Gasteiger partial charge in [-0.3, -0.25) is 0 Å². The Morgan fingerprint density at radius 3 is 2.78 bits per heavy atom. The fourth-order valence-corrected chi connectivity index (χ4v) is 2.81. The molecule has 100 valence electrons. The van der Waals surface area contributed by atoms with Crippen LogP contribution in [0, 0.1) is 11.7 Å². The van der Waals surface area contributed by atoms with E-state index < -0.39 is 0 Å². The van der Waals surface area contributed by atoms with E-state index in [4.69, 9.17) is 11.6 Å². The van der Waals surface area contributed by atoms with Gasteiger partial charge in [0.25, 0.3) is 0 Å². The lowest BCUT2D eigenvalue weighted by Gasteiger charge is -2.30. The highest BCUT2D eigenvalue weighted by Crippen LogP contribution is 2.31. The average Bonchev–Trinajstić information content (AvgIpc) is 2.29. The molecule has 0 spiro atoms. The molecule has 1 nitrogen and oxygen atoms in total. The fraction of sp³-hybridized carbons (Fsp3) is 0.600. The Bertz CT molecular complexity index is 390. The van der Waals surface area contributed by atoms with E-state index in [1.165, 1.54) is 31.7 Å². The highest BCUT2D eigenvalue weighted by Gasteiger charge is 2.21. The first-order valence-corrected chi connectivity index (χ1v) is 7.24. The summed E-state index contributed by atoms with van der Waals surface area (Å²) in [6.45, 7) is 3.11. The summed E-state index contributed by atoms with van der Waals surface area (Å²) >= 11 is 5.82. The lowest BCUT2D eigenvalue weighted by Crippen LogP contribution is -2.34. The second-order valence-corrected chi connectivity index (χ2v) is 5.65. The van der Waals surface area contributed by atoms with E-state index in [1.807, 2.05) is 6.07 Å². The number of hydrogen-bond acceptors (Lipinski definition) is 1. The van der Waals surface area contributed by atoms with Crippen LogP contribution in [-0.2, 0) is 6.42 Å². The van der Waals surface area contributed by atoms with Crippen molar-refractivity contribution in [2.45, 2.75) is 45.1 Å². The van der Waals surface area contributed by atoms with Crippen molar-refractivity contribution >= 4 is 11.6 Å². The Morgan fingerprint density at radius 1 is 1.44 bits per heavy atom. The van der Waals surface area contributed by atoms with Crippen molar-refractivity contribution in [2.75, 3.05) is 6.54 Å². The zero-order valence-corrected chi connectivity index (χ0v) is 11.6. The molecule has 1 N–H and O–H groups in total. The third-order valence-electron chi connectivity index (χ3n) is 3.80. The maximum Gasteiger partial charge on any atom is 0.141 e. The molecule has 1 atom stereocenters. The maximum atomic E-state index is 13.1. The van der Waals surface area contributed by atoms with Gasteiger partial charge >= 0.3 is 0 Å². The van der Waals surface area contributed by atoms with Gasteiger partial charge in [-0.1, -0.05) is 43.9 Å². The van der Waals surface area contributed by atoms with Crippen LogP contribution in [0.3, 0.4) is 0 Å². The summed E-state index contributed by atoms with van der Waals surface area (Å²) in [5.74, 6) is 0.546. The van der Waals surface area contributed by atoms with Gasteiger partial charge in [-0.2, -0.15) is 0 Å². The van der Waals surface area contributed by atoms with Crippen LogP contribution in [-0.4, -0.2) is 12.6 Å². The van der Waals surface area contributed by atoms with Crippen molar-refractivity contribution in [3.8, 4) is 0 Å². The summed E-state index contributed by atoms with van der Waals surface area (Å²) in [6.07, 6.45) is 6.28.